The van der Waals surface area contributed by atoms with E-state index in [9.17, 15) is 9.59 Å². The number of nitrogens with zero attached hydrogens (tertiary/aromatic N) is 2. The number of piperidine rings is 1. The Labute approximate surface area is 168 Å². The van der Waals surface area contributed by atoms with Gasteiger partial charge in [0, 0.05) is 48.1 Å². The van der Waals surface area contributed by atoms with Crippen LogP contribution in [0.2, 0.25) is 0 Å². The zero-order valence-corrected chi connectivity index (χ0v) is 17.8. The lowest BCUT2D eigenvalue weighted by atomic mass is 9.97. The molecule has 2 aromatic rings. The monoisotopic (exact) mass is 405 g/mol. The van der Waals surface area contributed by atoms with Crippen LogP contribution in [0.1, 0.15) is 57.9 Å². The maximum absolute atomic E-state index is 12.6. The number of likely N-dealkylation sites (tertiary alicyclic amines) is 1. The van der Waals surface area contributed by atoms with E-state index in [1.54, 1.807) is 22.7 Å². The van der Waals surface area contributed by atoms with Crippen molar-refractivity contribution in [2.45, 2.75) is 46.0 Å². The van der Waals surface area contributed by atoms with Gasteiger partial charge in [-0.25, -0.2) is 4.98 Å². The zero-order valence-electron chi connectivity index (χ0n) is 16.2. The Morgan fingerprint density at radius 1 is 1.30 bits per heavy atom. The van der Waals surface area contributed by atoms with Crippen molar-refractivity contribution in [2.75, 3.05) is 19.6 Å². The lowest BCUT2D eigenvalue weighted by Crippen LogP contribution is -2.37. The van der Waals surface area contributed by atoms with Gasteiger partial charge in [-0.2, -0.15) is 0 Å². The van der Waals surface area contributed by atoms with Crippen LogP contribution in [0, 0.1) is 12.8 Å². The van der Waals surface area contributed by atoms with Crippen molar-refractivity contribution in [3.8, 4) is 0 Å². The van der Waals surface area contributed by atoms with Crippen molar-refractivity contribution in [3.63, 3.8) is 0 Å². The van der Waals surface area contributed by atoms with Gasteiger partial charge in [0.1, 0.15) is 0 Å². The number of amides is 2. The molecule has 0 spiro atoms. The molecule has 1 aliphatic rings. The summed E-state index contributed by atoms with van der Waals surface area (Å²) in [5.74, 6) is 0.695. The summed E-state index contributed by atoms with van der Waals surface area (Å²) < 4.78 is 0. The predicted molar refractivity (Wildman–Crippen MR) is 111 cm³/mol. The summed E-state index contributed by atoms with van der Waals surface area (Å²) >= 11 is 3.28. The number of aryl methyl sites for hydroxylation is 1. The number of carbonyl (C=O) groups is 2. The summed E-state index contributed by atoms with van der Waals surface area (Å²) in [5, 5.41) is 6.20. The van der Waals surface area contributed by atoms with E-state index in [0.717, 1.165) is 42.9 Å². The highest BCUT2D eigenvalue weighted by Crippen LogP contribution is 2.31. The summed E-state index contributed by atoms with van der Waals surface area (Å²) in [7, 11) is 0. The Kier molecular flexibility index (Phi) is 6.65. The van der Waals surface area contributed by atoms with Gasteiger partial charge in [-0.05, 0) is 31.9 Å². The summed E-state index contributed by atoms with van der Waals surface area (Å²) in [6, 6.07) is 3.94. The second-order valence-corrected chi connectivity index (χ2v) is 9.53. The summed E-state index contributed by atoms with van der Waals surface area (Å²) in [6.45, 7) is 8.04. The van der Waals surface area contributed by atoms with Crippen molar-refractivity contribution < 1.29 is 9.59 Å². The first kappa shape index (κ1) is 20.0. The molecule has 0 bridgehead atoms. The van der Waals surface area contributed by atoms with Crippen LogP contribution < -0.4 is 5.32 Å². The Balaban J connectivity index is 1.48. The molecule has 3 rings (SSSR count). The second kappa shape index (κ2) is 8.97. The Bertz CT molecular complexity index is 789. The molecule has 1 fully saturated rings. The van der Waals surface area contributed by atoms with Gasteiger partial charge in [0.2, 0.25) is 5.91 Å². The van der Waals surface area contributed by atoms with Crippen LogP contribution in [0.25, 0.3) is 0 Å². The minimum Gasteiger partial charge on any atom is -0.355 e. The van der Waals surface area contributed by atoms with Gasteiger partial charge < -0.3 is 10.2 Å². The van der Waals surface area contributed by atoms with E-state index in [1.807, 2.05) is 37.8 Å². The lowest BCUT2D eigenvalue weighted by molar-refractivity contribution is -0.123. The fraction of sp³-hybridized carbons (Fsp3) is 0.550. The summed E-state index contributed by atoms with van der Waals surface area (Å²) in [5.41, 5.74) is 1.05. The molecule has 3 heterocycles. The number of hydrogen-bond acceptors (Lipinski definition) is 5. The van der Waals surface area contributed by atoms with E-state index in [4.69, 9.17) is 4.98 Å². The van der Waals surface area contributed by atoms with Gasteiger partial charge in [-0.15, -0.1) is 22.7 Å². The first-order valence-corrected chi connectivity index (χ1v) is 11.2. The van der Waals surface area contributed by atoms with E-state index in [-0.39, 0.29) is 17.7 Å². The topological polar surface area (TPSA) is 62.3 Å². The molecule has 2 amide bonds. The maximum Gasteiger partial charge on any atom is 0.263 e. The van der Waals surface area contributed by atoms with Crippen molar-refractivity contribution >= 4 is 34.5 Å². The SMILES string of the molecule is Cc1ccc(C(=O)N2CCC(c3nc(CCNC(=O)C(C)C)cs3)CC2)s1. The predicted octanol–water partition coefficient (Wildman–Crippen LogP) is 3.85. The second-order valence-electron chi connectivity index (χ2n) is 7.35. The highest BCUT2D eigenvalue weighted by Gasteiger charge is 2.26. The summed E-state index contributed by atoms with van der Waals surface area (Å²) in [6.07, 6.45) is 2.70. The zero-order chi connectivity index (χ0) is 19.4. The normalized spacial score (nSPS) is 15.3. The van der Waals surface area contributed by atoms with Crippen LogP contribution in [0.15, 0.2) is 17.5 Å². The van der Waals surface area contributed by atoms with Gasteiger partial charge in [0.05, 0.1) is 15.6 Å². The van der Waals surface area contributed by atoms with Crippen LogP contribution in [0.5, 0.6) is 0 Å². The highest BCUT2D eigenvalue weighted by atomic mass is 32.1. The molecular weight excluding hydrogens is 378 g/mol. The molecule has 0 unspecified atom stereocenters. The Morgan fingerprint density at radius 2 is 2.04 bits per heavy atom. The van der Waals surface area contributed by atoms with Crippen LogP contribution in [0.4, 0.5) is 0 Å². The smallest absolute Gasteiger partial charge is 0.263 e. The highest BCUT2D eigenvalue weighted by molar-refractivity contribution is 7.13. The lowest BCUT2D eigenvalue weighted by Gasteiger charge is -2.30. The van der Waals surface area contributed by atoms with Crippen molar-refractivity contribution in [1.29, 1.82) is 0 Å². The first-order valence-electron chi connectivity index (χ1n) is 9.51. The Morgan fingerprint density at radius 3 is 2.67 bits per heavy atom. The quantitative estimate of drug-likeness (QED) is 0.794. The van der Waals surface area contributed by atoms with Crippen molar-refractivity contribution in [2.24, 2.45) is 5.92 Å². The van der Waals surface area contributed by atoms with Gasteiger partial charge in [0.25, 0.3) is 5.91 Å². The van der Waals surface area contributed by atoms with Crippen molar-refractivity contribution in [3.05, 3.63) is 38.0 Å². The molecule has 5 nitrogen and oxygen atoms in total. The molecule has 1 saturated heterocycles. The molecule has 0 saturated carbocycles. The minimum atomic E-state index is 0.0157. The molecule has 0 aromatic carbocycles. The molecular formula is C20H27N3O2S2. The molecule has 0 radical (unpaired) electrons. The molecule has 2 aromatic heterocycles. The molecule has 7 heteroatoms. The van der Waals surface area contributed by atoms with E-state index in [0.29, 0.717) is 12.5 Å². The van der Waals surface area contributed by atoms with E-state index >= 15 is 0 Å². The Hall–Kier alpha value is -1.73. The number of carbonyl (C=O) groups excluding carboxylic acids is 2. The number of nitrogens with one attached hydrogen (secondary N) is 1. The fourth-order valence-electron chi connectivity index (χ4n) is 3.18. The van der Waals surface area contributed by atoms with Crippen LogP contribution in [-0.2, 0) is 11.2 Å². The average Bonchev–Trinajstić information content (AvgIpc) is 3.30. The number of aromatic nitrogens is 1. The molecule has 27 heavy (non-hydrogen) atoms. The summed E-state index contributed by atoms with van der Waals surface area (Å²) in [4.78, 5) is 32.9. The molecule has 146 valence electrons. The van der Waals surface area contributed by atoms with Gasteiger partial charge in [0.15, 0.2) is 0 Å². The van der Waals surface area contributed by atoms with Gasteiger partial charge in [-0.3, -0.25) is 9.59 Å². The van der Waals surface area contributed by atoms with Crippen LogP contribution >= 0.6 is 22.7 Å². The van der Waals surface area contributed by atoms with E-state index in [2.05, 4.69) is 10.7 Å². The molecule has 1 N–H and O–H groups in total. The van der Waals surface area contributed by atoms with Gasteiger partial charge in [-0.1, -0.05) is 13.8 Å². The van der Waals surface area contributed by atoms with Gasteiger partial charge >= 0.3 is 0 Å². The van der Waals surface area contributed by atoms with Crippen LogP contribution in [0.3, 0.4) is 0 Å². The third kappa shape index (κ3) is 5.17. The first-order chi connectivity index (χ1) is 12.9. The van der Waals surface area contributed by atoms with E-state index < -0.39 is 0 Å². The fourth-order valence-corrected chi connectivity index (χ4v) is 5.04. The maximum atomic E-state index is 12.6. The van der Waals surface area contributed by atoms with Crippen LogP contribution in [-0.4, -0.2) is 41.3 Å². The number of rotatable bonds is 6. The third-order valence-corrected chi connectivity index (χ3v) is 6.90. The standard InChI is InChI=1S/C20H27N3O2S2/c1-13(2)18(24)21-9-6-16-12-26-19(22-16)15-7-10-23(11-8-15)20(25)17-5-4-14(3)27-17/h4-5,12-13,15H,6-11H2,1-3H3,(H,21,24). The number of thiazole rings is 1. The molecule has 0 aliphatic carbocycles. The molecule has 0 atom stereocenters. The number of thiophene rings is 1. The minimum absolute atomic E-state index is 0.0157. The average molecular weight is 406 g/mol. The van der Waals surface area contributed by atoms with E-state index in [1.165, 1.54) is 9.88 Å². The largest absolute Gasteiger partial charge is 0.355 e. The molecule has 1 aliphatic heterocycles. The van der Waals surface area contributed by atoms with Crippen molar-refractivity contribution in [1.82, 2.24) is 15.2 Å². The third-order valence-electron chi connectivity index (χ3n) is 4.86. The number of hydrogen-bond donors (Lipinski definition) is 1.